The zero-order valence-electron chi connectivity index (χ0n) is 15.7. The average Bonchev–Trinajstić information content (AvgIpc) is 3.31. The monoisotopic (exact) mass is 332 g/mol. The maximum absolute atomic E-state index is 4.91. The number of likely N-dealkylation sites (tertiary alicyclic amines) is 1. The summed E-state index contributed by atoms with van der Waals surface area (Å²) in [5, 5.41) is 12.0. The van der Waals surface area contributed by atoms with Crippen molar-refractivity contribution in [1.82, 2.24) is 25.0 Å². The molecule has 0 spiro atoms. The number of nitrogens with zero attached hydrogens (tertiary/aromatic N) is 5. The Morgan fingerprint density at radius 1 is 1.38 bits per heavy atom. The van der Waals surface area contributed by atoms with E-state index in [1.54, 1.807) is 0 Å². The molecule has 1 N–H and O–H groups in total. The summed E-state index contributed by atoms with van der Waals surface area (Å²) in [5.74, 6) is 2.93. The van der Waals surface area contributed by atoms with Gasteiger partial charge in [0, 0.05) is 26.2 Å². The molecule has 1 aliphatic heterocycles. The highest BCUT2D eigenvalue weighted by molar-refractivity contribution is 5.80. The molecule has 1 aliphatic carbocycles. The van der Waals surface area contributed by atoms with Gasteiger partial charge in [-0.25, -0.2) is 4.99 Å². The van der Waals surface area contributed by atoms with Gasteiger partial charge < -0.3 is 14.8 Å². The van der Waals surface area contributed by atoms with Crippen LogP contribution in [0.5, 0.6) is 0 Å². The van der Waals surface area contributed by atoms with E-state index in [4.69, 9.17) is 4.99 Å². The molecular formula is C18H32N6. The predicted octanol–water partition coefficient (Wildman–Crippen LogP) is 2.63. The molecule has 1 aromatic rings. The number of aliphatic imine (C=N–C) groups is 1. The lowest BCUT2D eigenvalue weighted by molar-refractivity contribution is 0.142. The van der Waals surface area contributed by atoms with Gasteiger partial charge in [0.05, 0.1) is 0 Å². The van der Waals surface area contributed by atoms with Crippen LogP contribution in [0.3, 0.4) is 0 Å². The number of hydrogen-bond acceptors (Lipinski definition) is 3. The predicted molar refractivity (Wildman–Crippen MR) is 96.9 cm³/mol. The van der Waals surface area contributed by atoms with Crippen molar-refractivity contribution < 1.29 is 0 Å². The molecule has 6 heteroatoms. The Labute approximate surface area is 145 Å². The number of aryl methyl sites for hydroxylation is 1. The highest BCUT2D eigenvalue weighted by atomic mass is 15.3. The van der Waals surface area contributed by atoms with E-state index in [2.05, 4.69) is 34.3 Å². The number of nitrogens with one attached hydrogen (secondary N) is 1. The van der Waals surface area contributed by atoms with Gasteiger partial charge in [-0.2, -0.15) is 0 Å². The highest BCUT2D eigenvalue weighted by Gasteiger charge is 2.33. The van der Waals surface area contributed by atoms with Gasteiger partial charge in [-0.15, -0.1) is 10.2 Å². The van der Waals surface area contributed by atoms with Crippen molar-refractivity contribution in [3.05, 3.63) is 11.6 Å². The first-order chi connectivity index (χ1) is 11.5. The first-order valence-corrected chi connectivity index (χ1v) is 9.41. The number of rotatable bonds is 5. The third-order valence-electron chi connectivity index (χ3n) is 5.40. The van der Waals surface area contributed by atoms with Crippen LogP contribution in [-0.4, -0.2) is 44.8 Å². The summed E-state index contributed by atoms with van der Waals surface area (Å²) < 4.78 is 2.02. The van der Waals surface area contributed by atoms with E-state index in [1.165, 1.54) is 38.5 Å². The van der Waals surface area contributed by atoms with Crippen molar-refractivity contribution in [3.63, 3.8) is 0 Å². The van der Waals surface area contributed by atoms with E-state index < -0.39 is 0 Å². The van der Waals surface area contributed by atoms with Crippen molar-refractivity contribution in [2.24, 2.45) is 17.5 Å². The van der Waals surface area contributed by atoms with Crippen LogP contribution < -0.4 is 5.32 Å². The topological polar surface area (TPSA) is 58.3 Å². The fraction of sp³-hybridized carbons (Fsp3) is 0.833. The molecule has 2 aliphatic rings. The Morgan fingerprint density at radius 2 is 2.17 bits per heavy atom. The Bertz CT molecular complexity index is 584. The molecule has 6 nitrogen and oxygen atoms in total. The van der Waals surface area contributed by atoms with Gasteiger partial charge in [-0.05, 0) is 44.4 Å². The smallest absolute Gasteiger partial charge is 0.194 e. The summed E-state index contributed by atoms with van der Waals surface area (Å²) >= 11 is 0. The van der Waals surface area contributed by atoms with Gasteiger partial charge >= 0.3 is 0 Å². The van der Waals surface area contributed by atoms with Crippen LogP contribution in [0.15, 0.2) is 4.99 Å². The van der Waals surface area contributed by atoms with Crippen LogP contribution in [0, 0.1) is 12.3 Å². The van der Waals surface area contributed by atoms with E-state index >= 15 is 0 Å². The molecular weight excluding hydrogens is 300 g/mol. The van der Waals surface area contributed by atoms with E-state index in [9.17, 15) is 0 Å². The van der Waals surface area contributed by atoms with Crippen LogP contribution in [0.4, 0.5) is 0 Å². The summed E-state index contributed by atoms with van der Waals surface area (Å²) in [6, 6.07) is 0.615. The van der Waals surface area contributed by atoms with Crippen LogP contribution in [0.2, 0.25) is 0 Å². The van der Waals surface area contributed by atoms with E-state index in [0.29, 0.717) is 18.0 Å². The van der Waals surface area contributed by atoms with Crippen molar-refractivity contribution in [1.29, 1.82) is 0 Å². The maximum Gasteiger partial charge on any atom is 0.194 e. The van der Waals surface area contributed by atoms with Crippen LogP contribution in [-0.2, 0) is 13.6 Å². The summed E-state index contributed by atoms with van der Waals surface area (Å²) in [6.45, 7) is 9.51. The lowest BCUT2D eigenvalue weighted by Gasteiger charge is -2.42. The van der Waals surface area contributed by atoms with Crippen molar-refractivity contribution in [2.45, 2.75) is 71.9 Å². The SMILES string of the molecule is CCCC1(C)CCCN(C(=NCc2nnc(C)n2C)NC2CC2)C1. The molecule has 1 aromatic heterocycles. The highest BCUT2D eigenvalue weighted by Crippen LogP contribution is 2.34. The number of guanidine groups is 1. The van der Waals surface area contributed by atoms with E-state index in [0.717, 1.165) is 30.7 Å². The summed E-state index contributed by atoms with van der Waals surface area (Å²) in [4.78, 5) is 7.38. The molecule has 1 saturated heterocycles. The molecule has 3 rings (SSSR count). The van der Waals surface area contributed by atoms with Crippen molar-refractivity contribution in [2.75, 3.05) is 13.1 Å². The third-order valence-corrected chi connectivity index (χ3v) is 5.40. The minimum Gasteiger partial charge on any atom is -0.353 e. The molecule has 0 radical (unpaired) electrons. The van der Waals surface area contributed by atoms with Gasteiger partial charge in [-0.3, -0.25) is 0 Å². The van der Waals surface area contributed by atoms with Gasteiger partial charge in [0.1, 0.15) is 12.4 Å². The normalized spacial score (nSPS) is 25.2. The van der Waals surface area contributed by atoms with Gasteiger partial charge in [0.25, 0.3) is 0 Å². The minimum atomic E-state index is 0.417. The fourth-order valence-electron chi connectivity index (χ4n) is 3.69. The first-order valence-electron chi connectivity index (χ1n) is 9.41. The summed E-state index contributed by atoms with van der Waals surface area (Å²) in [5.41, 5.74) is 0.417. The second kappa shape index (κ2) is 7.11. The average molecular weight is 332 g/mol. The number of piperidine rings is 1. The lowest BCUT2D eigenvalue weighted by Crippen LogP contribution is -2.50. The zero-order chi connectivity index (χ0) is 17.2. The summed E-state index contributed by atoms with van der Waals surface area (Å²) in [7, 11) is 2.01. The number of aromatic nitrogens is 3. The zero-order valence-corrected chi connectivity index (χ0v) is 15.7. The molecule has 1 unspecified atom stereocenters. The standard InChI is InChI=1S/C18H32N6/c1-5-9-18(3)10-6-11-24(13-18)17(20-15-7-8-15)19-12-16-22-21-14(2)23(16)4/h15H,5-13H2,1-4H3,(H,19,20). The maximum atomic E-state index is 4.91. The number of hydrogen-bond donors (Lipinski definition) is 1. The van der Waals surface area contributed by atoms with Crippen LogP contribution in [0.25, 0.3) is 0 Å². The first kappa shape index (κ1) is 17.2. The molecule has 2 heterocycles. The van der Waals surface area contributed by atoms with Crippen LogP contribution in [0.1, 0.15) is 64.0 Å². The lowest BCUT2D eigenvalue weighted by atomic mass is 9.78. The molecule has 1 saturated carbocycles. The Kier molecular flexibility index (Phi) is 5.11. The van der Waals surface area contributed by atoms with E-state index in [1.807, 2.05) is 18.5 Å². The van der Waals surface area contributed by atoms with Crippen molar-refractivity contribution in [3.8, 4) is 0 Å². The minimum absolute atomic E-state index is 0.417. The Balaban J connectivity index is 1.73. The molecule has 24 heavy (non-hydrogen) atoms. The molecule has 0 aromatic carbocycles. The third kappa shape index (κ3) is 4.08. The van der Waals surface area contributed by atoms with Crippen molar-refractivity contribution >= 4 is 5.96 Å². The van der Waals surface area contributed by atoms with Gasteiger partial charge in [0.2, 0.25) is 0 Å². The van der Waals surface area contributed by atoms with Crippen LogP contribution >= 0.6 is 0 Å². The fourth-order valence-corrected chi connectivity index (χ4v) is 3.69. The second-order valence-corrected chi connectivity index (χ2v) is 7.87. The molecule has 2 fully saturated rings. The molecule has 0 amide bonds. The van der Waals surface area contributed by atoms with E-state index in [-0.39, 0.29) is 0 Å². The Hall–Kier alpha value is -1.59. The van der Waals surface area contributed by atoms with Gasteiger partial charge in [-0.1, -0.05) is 20.3 Å². The molecule has 0 bridgehead atoms. The van der Waals surface area contributed by atoms with Gasteiger partial charge in [0.15, 0.2) is 11.8 Å². The molecule has 134 valence electrons. The second-order valence-electron chi connectivity index (χ2n) is 7.87. The largest absolute Gasteiger partial charge is 0.353 e. The Morgan fingerprint density at radius 3 is 2.79 bits per heavy atom. The molecule has 1 atom stereocenters. The summed E-state index contributed by atoms with van der Waals surface area (Å²) in [6.07, 6.45) is 7.67. The quantitative estimate of drug-likeness (QED) is 0.665.